The molecule has 4 aromatic rings. The monoisotopic (exact) mass is 438 g/mol. The van der Waals surface area contributed by atoms with Crippen molar-refractivity contribution in [3.8, 4) is 16.9 Å². The van der Waals surface area contributed by atoms with E-state index >= 15 is 0 Å². The lowest BCUT2D eigenvalue weighted by Crippen LogP contribution is -2.35. The number of benzene rings is 1. The van der Waals surface area contributed by atoms with Crippen molar-refractivity contribution in [1.29, 1.82) is 0 Å². The molecular formula is C22H20F2N6O2. The van der Waals surface area contributed by atoms with E-state index < -0.39 is 22.9 Å². The van der Waals surface area contributed by atoms with E-state index in [0.29, 0.717) is 30.0 Å². The third kappa shape index (κ3) is 3.53. The van der Waals surface area contributed by atoms with E-state index in [2.05, 4.69) is 20.1 Å². The van der Waals surface area contributed by atoms with Gasteiger partial charge < -0.3 is 10.5 Å². The smallest absolute Gasteiger partial charge is 0.268 e. The van der Waals surface area contributed by atoms with Gasteiger partial charge in [0.15, 0.2) is 5.82 Å². The largest absolute Gasteiger partial charge is 0.382 e. The minimum absolute atomic E-state index is 0.0457. The van der Waals surface area contributed by atoms with Crippen LogP contribution in [0.4, 0.5) is 14.6 Å². The minimum Gasteiger partial charge on any atom is -0.382 e. The van der Waals surface area contributed by atoms with E-state index in [-0.39, 0.29) is 11.2 Å². The molecule has 0 atom stereocenters. The number of fused-ring (bicyclic) bond motifs is 1. The number of para-hydroxylation sites is 1. The predicted molar refractivity (Wildman–Crippen MR) is 115 cm³/mol. The number of halogens is 2. The van der Waals surface area contributed by atoms with Crippen LogP contribution in [0.2, 0.25) is 0 Å². The summed E-state index contributed by atoms with van der Waals surface area (Å²) in [6.07, 6.45) is 3.10. The summed E-state index contributed by atoms with van der Waals surface area (Å²) in [6.45, 7) is 3.87. The number of aromatic nitrogens is 4. The number of rotatable bonds is 4. The predicted octanol–water partition coefficient (Wildman–Crippen LogP) is 2.47. The Kier molecular flexibility index (Phi) is 5.16. The van der Waals surface area contributed by atoms with Crippen molar-refractivity contribution in [2.24, 2.45) is 0 Å². The van der Waals surface area contributed by atoms with Crippen LogP contribution in [0.3, 0.4) is 0 Å². The Morgan fingerprint density at radius 1 is 1.12 bits per heavy atom. The SMILES string of the molecule is Nc1n[nH]c2c(-c3ccc(CN4CCOCC4)cn3)cn(-c3c(F)cccc3F)c(=O)c12. The Bertz CT molecular complexity index is 1320. The van der Waals surface area contributed by atoms with Crippen LogP contribution in [0.5, 0.6) is 0 Å². The molecule has 4 heterocycles. The number of ether oxygens (including phenoxy) is 1. The number of hydrogen-bond acceptors (Lipinski definition) is 6. The number of nitrogens with one attached hydrogen (secondary N) is 1. The third-order valence-electron chi connectivity index (χ3n) is 5.54. The zero-order chi connectivity index (χ0) is 22.2. The molecule has 1 aliphatic heterocycles. The highest BCUT2D eigenvalue weighted by Gasteiger charge is 2.21. The summed E-state index contributed by atoms with van der Waals surface area (Å²) in [6, 6.07) is 7.15. The van der Waals surface area contributed by atoms with Crippen LogP contribution in [0.25, 0.3) is 27.8 Å². The van der Waals surface area contributed by atoms with Gasteiger partial charge in [-0.1, -0.05) is 12.1 Å². The van der Waals surface area contributed by atoms with Gasteiger partial charge in [-0.25, -0.2) is 8.78 Å². The first-order valence-electron chi connectivity index (χ1n) is 10.1. The van der Waals surface area contributed by atoms with Crippen molar-refractivity contribution in [3.63, 3.8) is 0 Å². The quantitative estimate of drug-likeness (QED) is 0.508. The van der Waals surface area contributed by atoms with Gasteiger partial charge in [-0.05, 0) is 23.8 Å². The number of H-pyrrole nitrogens is 1. The van der Waals surface area contributed by atoms with Gasteiger partial charge in [-0.15, -0.1) is 0 Å². The highest BCUT2D eigenvalue weighted by molar-refractivity contribution is 5.97. The number of morpholine rings is 1. The molecule has 3 aromatic heterocycles. The molecule has 0 bridgehead atoms. The Morgan fingerprint density at radius 3 is 2.56 bits per heavy atom. The molecule has 0 saturated carbocycles. The molecule has 0 amide bonds. The lowest BCUT2D eigenvalue weighted by molar-refractivity contribution is 0.0341. The van der Waals surface area contributed by atoms with E-state index in [9.17, 15) is 13.6 Å². The minimum atomic E-state index is -0.867. The maximum absolute atomic E-state index is 14.5. The molecule has 0 radical (unpaired) electrons. The molecule has 10 heteroatoms. The molecule has 8 nitrogen and oxygen atoms in total. The van der Waals surface area contributed by atoms with Crippen LogP contribution in [0.1, 0.15) is 5.56 Å². The van der Waals surface area contributed by atoms with Crippen LogP contribution < -0.4 is 11.3 Å². The Morgan fingerprint density at radius 2 is 1.88 bits per heavy atom. The standard InChI is InChI=1S/C22H20F2N6O2/c23-15-2-1-3-16(24)20(15)30-12-14(19-18(22(30)31)21(25)28-27-19)17-5-4-13(10-26-17)11-29-6-8-32-9-7-29/h1-5,10,12H,6-9,11H2,(H3,25,27,28). The fourth-order valence-electron chi connectivity index (χ4n) is 3.91. The second-order valence-corrected chi connectivity index (χ2v) is 7.59. The Labute approximate surface area is 181 Å². The second-order valence-electron chi connectivity index (χ2n) is 7.59. The first kappa shape index (κ1) is 20.3. The van der Waals surface area contributed by atoms with Crippen molar-refractivity contribution in [1.82, 2.24) is 24.6 Å². The lowest BCUT2D eigenvalue weighted by Gasteiger charge is -2.26. The Balaban J connectivity index is 1.61. The first-order chi connectivity index (χ1) is 15.5. The van der Waals surface area contributed by atoms with Crippen molar-refractivity contribution in [3.05, 3.63) is 70.3 Å². The summed E-state index contributed by atoms with van der Waals surface area (Å²) >= 11 is 0. The van der Waals surface area contributed by atoms with Gasteiger partial charge in [-0.2, -0.15) is 5.10 Å². The zero-order valence-electron chi connectivity index (χ0n) is 17.0. The fourth-order valence-corrected chi connectivity index (χ4v) is 3.91. The number of nitrogen functional groups attached to an aromatic ring is 1. The maximum atomic E-state index is 14.5. The average molecular weight is 438 g/mol. The van der Waals surface area contributed by atoms with Gasteiger partial charge in [0, 0.05) is 37.6 Å². The summed E-state index contributed by atoms with van der Waals surface area (Å²) < 4.78 is 35.2. The number of pyridine rings is 2. The maximum Gasteiger partial charge on any atom is 0.268 e. The van der Waals surface area contributed by atoms with E-state index in [1.54, 1.807) is 12.3 Å². The normalized spacial score (nSPS) is 14.8. The molecule has 1 aliphatic rings. The average Bonchev–Trinajstić information content (AvgIpc) is 3.18. The molecule has 5 rings (SSSR count). The third-order valence-corrected chi connectivity index (χ3v) is 5.54. The summed E-state index contributed by atoms with van der Waals surface area (Å²) in [5.74, 6) is -1.79. The highest BCUT2D eigenvalue weighted by atomic mass is 19.1. The lowest BCUT2D eigenvalue weighted by atomic mass is 10.1. The van der Waals surface area contributed by atoms with Gasteiger partial charge in [-0.3, -0.25) is 24.3 Å². The van der Waals surface area contributed by atoms with Gasteiger partial charge in [0.1, 0.15) is 22.7 Å². The van der Waals surface area contributed by atoms with Crippen molar-refractivity contribution < 1.29 is 13.5 Å². The number of nitrogens with zero attached hydrogens (tertiary/aromatic N) is 4. The van der Waals surface area contributed by atoms with E-state index in [1.165, 1.54) is 12.3 Å². The molecule has 1 saturated heterocycles. The van der Waals surface area contributed by atoms with E-state index in [4.69, 9.17) is 10.5 Å². The molecule has 0 spiro atoms. The van der Waals surface area contributed by atoms with Crippen LogP contribution in [0.15, 0.2) is 47.5 Å². The summed E-state index contributed by atoms with van der Waals surface area (Å²) in [5.41, 5.74) is 7.07. The van der Waals surface area contributed by atoms with Gasteiger partial charge >= 0.3 is 0 Å². The van der Waals surface area contributed by atoms with Gasteiger partial charge in [0.2, 0.25) is 0 Å². The van der Waals surface area contributed by atoms with Gasteiger partial charge in [0.25, 0.3) is 5.56 Å². The summed E-state index contributed by atoms with van der Waals surface area (Å²) in [7, 11) is 0. The summed E-state index contributed by atoms with van der Waals surface area (Å²) in [5, 5.41) is 6.71. The molecule has 32 heavy (non-hydrogen) atoms. The van der Waals surface area contributed by atoms with Crippen LogP contribution in [-0.4, -0.2) is 51.0 Å². The number of aromatic amines is 1. The first-order valence-corrected chi connectivity index (χ1v) is 10.1. The van der Waals surface area contributed by atoms with Gasteiger partial charge in [0.05, 0.1) is 24.4 Å². The summed E-state index contributed by atoms with van der Waals surface area (Å²) in [4.78, 5) is 19.8. The van der Waals surface area contributed by atoms with Crippen LogP contribution >= 0.6 is 0 Å². The van der Waals surface area contributed by atoms with Crippen LogP contribution in [0, 0.1) is 11.6 Å². The number of nitrogens with two attached hydrogens (primary N) is 1. The molecule has 1 aromatic carbocycles. The van der Waals surface area contributed by atoms with E-state index in [1.807, 2.05) is 6.07 Å². The molecule has 3 N–H and O–H groups in total. The molecule has 0 aliphatic carbocycles. The van der Waals surface area contributed by atoms with Crippen LogP contribution in [-0.2, 0) is 11.3 Å². The highest BCUT2D eigenvalue weighted by Crippen LogP contribution is 2.28. The van der Waals surface area contributed by atoms with E-state index in [0.717, 1.165) is 41.9 Å². The van der Waals surface area contributed by atoms with Crippen molar-refractivity contribution >= 4 is 16.7 Å². The van der Waals surface area contributed by atoms with Crippen molar-refractivity contribution in [2.75, 3.05) is 32.0 Å². The number of anilines is 1. The fraction of sp³-hybridized carbons (Fsp3) is 0.227. The second kappa shape index (κ2) is 8.13. The molecule has 164 valence electrons. The molecule has 0 unspecified atom stereocenters. The topological polar surface area (TPSA) is 102 Å². The molecule has 1 fully saturated rings. The molecular weight excluding hydrogens is 418 g/mol. The zero-order valence-corrected chi connectivity index (χ0v) is 17.0. The van der Waals surface area contributed by atoms with Crippen molar-refractivity contribution in [2.45, 2.75) is 6.54 Å². The number of hydrogen-bond donors (Lipinski definition) is 2. The Hall–Kier alpha value is -3.63.